The molecule has 4 aromatic rings. The monoisotopic (exact) mass is 595 g/mol. The molecule has 0 atom stereocenters. The van der Waals surface area contributed by atoms with E-state index < -0.39 is 5.67 Å². The molecular formula is C40H54FN3. The lowest BCUT2D eigenvalue weighted by Crippen LogP contribution is -2.11. The molecule has 0 aliphatic carbocycles. The molecule has 0 amide bonds. The molecule has 0 fully saturated rings. The molecule has 0 heterocycles. The molecular weight excluding hydrogens is 541 g/mol. The maximum atomic E-state index is 13.6. The number of para-hydroxylation sites is 1. The van der Waals surface area contributed by atoms with Gasteiger partial charge in [-0.25, -0.2) is 9.38 Å². The smallest absolute Gasteiger partial charge is 0.130 e. The van der Waals surface area contributed by atoms with Crippen molar-refractivity contribution in [2.45, 2.75) is 88.3 Å². The Hall–Kier alpha value is -4.18. The molecule has 0 saturated heterocycles. The van der Waals surface area contributed by atoms with E-state index in [1.807, 2.05) is 77.9 Å². The third-order valence-electron chi connectivity index (χ3n) is 6.69. The predicted octanol–water partition coefficient (Wildman–Crippen LogP) is 12.4. The Morgan fingerprint density at radius 2 is 1.36 bits per heavy atom. The number of amidine groups is 1. The lowest BCUT2D eigenvalue weighted by Gasteiger charge is -2.18. The first kappa shape index (κ1) is 37.8. The number of aliphatic imine (C=N–C) groups is 1. The average molecular weight is 596 g/mol. The summed E-state index contributed by atoms with van der Waals surface area (Å²) in [6.45, 7) is 25.7. The van der Waals surface area contributed by atoms with E-state index in [1.54, 1.807) is 13.8 Å². The van der Waals surface area contributed by atoms with Crippen molar-refractivity contribution in [1.82, 2.24) is 0 Å². The predicted molar refractivity (Wildman–Crippen MR) is 195 cm³/mol. The van der Waals surface area contributed by atoms with Crippen LogP contribution in [0.25, 0.3) is 5.70 Å². The van der Waals surface area contributed by atoms with Gasteiger partial charge in [0.05, 0.1) is 5.69 Å². The average Bonchev–Trinajstić information content (AvgIpc) is 3.02. The second-order valence-corrected chi connectivity index (χ2v) is 10.6. The SMILES string of the molecule is C=C(Nc1ccccc1C)c1ccc(C)c(N=C(C)Nc2ccc(C)cc2)c1.CC.CC.CCc1ccccc1C(C)(C)F. The standard InChI is InChI=1S/C25H27N3.C11H15F.2C2H6/c1-17-10-14-23(15-11-17)27-21(5)28-25-16-22(13-12-19(25)3)20(4)26-24-9-7-6-8-18(24)2;1-4-9-7-5-6-8-10(9)11(2,3)12;2*1-2/h6-16,26H,4H2,1-3,5H3,(H,27,28);5-8H,4H2,1-3H3;2*1-2H3. The summed E-state index contributed by atoms with van der Waals surface area (Å²) in [6, 6.07) is 30.4. The summed E-state index contributed by atoms with van der Waals surface area (Å²) in [7, 11) is 0. The maximum absolute atomic E-state index is 13.6. The van der Waals surface area contributed by atoms with Gasteiger partial charge in [-0.1, -0.05) is 113 Å². The molecule has 4 aromatic carbocycles. The van der Waals surface area contributed by atoms with Crippen LogP contribution in [0.2, 0.25) is 0 Å². The van der Waals surface area contributed by atoms with E-state index in [-0.39, 0.29) is 0 Å². The highest BCUT2D eigenvalue weighted by Crippen LogP contribution is 2.28. The van der Waals surface area contributed by atoms with Crippen molar-refractivity contribution >= 4 is 28.6 Å². The van der Waals surface area contributed by atoms with Crippen molar-refractivity contribution in [2.24, 2.45) is 4.99 Å². The van der Waals surface area contributed by atoms with E-state index in [1.165, 1.54) is 11.1 Å². The van der Waals surface area contributed by atoms with Crippen LogP contribution in [0.1, 0.15) is 88.8 Å². The van der Waals surface area contributed by atoms with E-state index in [0.717, 1.165) is 57.3 Å². The molecule has 0 aliphatic rings. The Morgan fingerprint density at radius 1 is 0.773 bits per heavy atom. The minimum absolute atomic E-state index is 0.813. The highest BCUT2D eigenvalue weighted by molar-refractivity contribution is 5.95. The zero-order valence-corrected chi connectivity index (χ0v) is 28.9. The fourth-order valence-electron chi connectivity index (χ4n) is 4.33. The Bertz CT molecular complexity index is 1460. The summed E-state index contributed by atoms with van der Waals surface area (Å²) < 4.78 is 13.6. The third-order valence-corrected chi connectivity index (χ3v) is 6.69. The van der Waals surface area contributed by atoms with Gasteiger partial charge in [-0.2, -0.15) is 0 Å². The van der Waals surface area contributed by atoms with Crippen LogP contribution in [0.5, 0.6) is 0 Å². The summed E-state index contributed by atoms with van der Waals surface area (Å²) >= 11 is 0. The summed E-state index contributed by atoms with van der Waals surface area (Å²) in [5.74, 6) is 0.849. The van der Waals surface area contributed by atoms with E-state index in [2.05, 4.69) is 92.6 Å². The number of anilines is 2. The topological polar surface area (TPSA) is 36.4 Å². The highest BCUT2D eigenvalue weighted by atomic mass is 19.1. The second-order valence-electron chi connectivity index (χ2n) is 10.6. The van der Waals surface area contributed by atoms with Gasteiger partial charge in [-0.3, -0.25) is 0 Å². The molecule has 0 aliphatic heterocycles. The molecule has 3 nitrogen and oxygen atoms in total. The van der Waals surface area contributed by atoms with Gasteiger partial charge < -0.3 is 10.6 Å². The number of rotatable bonds is 7. The lowest BCUT2D eigenvalue weighted by molar-refractivity contribution is 0.220. The summed E-state index contributed by atoms with van der Waals surface area (Å²) in [5, 5.41) is 6.77. The van der Waals surface area contributed by atoms with Gasteiger partial charge in [0, 0.05) is 17.1 Å². The van der Waals surface area contributed by atoms with Crippen LogP contribution in [-0.4, -0.2) is 5.84 Å². The molecule has 0 unspecified atom stereocenters. The number of nitrogens with zero attached hydrogens (tertiary/aromatic N) is 1. The van der Waals surface area contributed by atoms with Gasteiger partial charge in [0.2, 0.25) is 0 Å². The fraction of sp³-hybridized carbons (Fsp3) is 0.325. The minimum atomic E-state index is -1.22. The van der Waals surface area contributed by atoms with E-state index >= 15 is 0 Å². The fourth-order valence-corrected chi connectivity index (χ4v) is 4.33. The van der Waals surface area contributed by atoms with Crippen LogP contribution in [0.4, 0.5) is 21.5 Å². The van der Waals surface area contributed by atoms with Crippen molar-refractivity contribution in [1.29, 1.82) is 0 Å². The van der Waals surface area contributed by atoms with E-state index in [9.17, 15) is 4.39 Å². The molecule has 4 rings (SSSR count). The number of hydrogen-bond acceptors (Lipinski definition) is 2. The number of aryl methyl sites for hydroxylation is 4. The Labute approximate surface area is 267 Å². The van der Waals surface area contributed by atoms with Gasteiger partial charge in [-0.15, -0.1) is 0 Å². The number of benzene rings is 4. The first-order valence-electron chi connectivity index (χ1n) is 15.8. The molecule has 236 valence electrons. The van der Waals surface area contributed by atoms with Crippen molar-refractivity contribution in [3.63, 3.8) is 0 Å². The van der Waals surface area contributed by atoms with Gasteiger partial charge in [0.15, 0.2) is 0 Å². The molecule has 0 saturated carbocycles. The zero-order valence-electron chi connectivity index (χ0n) is 28.9. The molecule has 0 radical (unpaired) electrons. The molecule has 4 heteroatoms. The van der Waals surface area contributed by atoms with Gasteiger partial charge in [0.25, 0.3) is 0 Å². The van der Waals surface area contributed by atoms with Crippen LogP contribution < -0.4 is 10.6 Å². The number of halogens is 1. The second kappa shape index (κ2) is 19.2. The van der Waals surface area contributed by atoms with Crippen molar-refractivity contribution in [3.05, 3.63) is 131 Å². The quantitative estimate of drug-likeness (QED) is 0.165. The molecule has 0 bridgehead atoms. The van der Waals surface area contributed by atoms with Crippen LogP contribution in [0.3, 0.4) is 0 Å². The van der Waals surface area contributed by atoms with Crippen LogP contribution in [0.15, 0.2) is 103 Å². The molecule has 2 N–H and O–H groups in total. The van der Waals surface area contributed by atoms with Crippen molar-refractivity contribution < 1.29 is 4.39 Å². The van der Waals surface area contributed by atoms with Crippen LogP contribution in [0, 0.1) is 20.8 Å². The summed E-state index contributed by atoms with van der Waals surface area (Å²) in [4.78, 5) is 4.78. The van der Waals surface area contributed by atoms with Gasteiger partial charge in [-0.05, 0) is 100 Å². The first-order valence-corrected chi connectivity index (χ1v) is 15.8. The van der Waals surface area contributed by atoms with Crippen molar-refractivity contribution in [3.8, 4) is 0 Å². The zero-order chi connectivity index (χ0) is 33.3. The minimum Gasteiger partial charge on any atom is -0.355 e. The Morgan fingerprint density at radius 3 is 1.93 bits per heavy atom. The number of alkyl halides is 1. The number of nitrogens with one attached hydrogen (secondary N) is 2. The summed E-state index contributed by atoms with van der Waals surface area (Å²) in [5.41, 5.74) is 9.16. The van der Waals surface area contributed by atoms with Gasteiger partial charge in [0.1, 0.15) is 11.5 Å². The van der Waals surface area contributed by atoms with Crippen LogP contribution in [-0.2, 0) is 12.1 Å². The van der Waals surface area contributed by atoms with E-state index in [4.69, 9.17) is 4.99 Å². The Kier molecular flexibility index (Phi) is 16.5. The third kappa shape index (κ3) is 12.2. The largest absolute Gasteiger partial charge is 0.355 e. The Balaban J connectivity index is 0.000000505. The number of hydrogen-bond donors (Lipinski definition) is 2. The lowest BCUT2D eigenvalue weighted by atomic mass is 9.93. The highest BCUT2D eigenvalue weighted by Gasteiger charge is 2.20. The van der Waals surface area contributed by atoms with Gasteiger partial charge >= 0.3 is 0 Å². The summed E-state index contributed by atoms with van der Waals surface area (Å²) in [6.07, 6.45) is 0.892. The maximum Gasteiger partial charge on any atom is 0.130 e. The molecule has 0 spiro atoms. The molecule has 44 heavy (non-hydrogen) atoms. The van der Waals surface area contributed by atoms with Crippen LogP contribution >= 0.6 is 0 Å². The first-order chi connectivity index (χ1) is 21.0. The molecule has 0 aromatic heterocycles. The van der Waals surface area contributed by atoms with Crippen molar-refractivity contribution in [2.75, 3.05) is 10.6 Å². The normalized spacial score (nSPS) is 10.6. The van der Waals surface area contributed by atoms with E-state index in [0.29, 0.717) is 0 Å².